The van der Waals surface area contributed by atoms with Gasteiger partial charge >= 0.3 is 0 Å². The van der Waals surface area contributed by atoms with E-state index in [2.05, 4.69) is 5.32 Å². The van der Waals surface area contributed by atoms with Crippen molar-refractivity contribution in [3.63, 3.8) is 0 Å². The Kier molecular flexibility index (Phi) is 3.57. The maximum atomic E-state index is 13.0. The van der Waals surface area contributed by atoms with Crippen LogP contribution in [0, 0.1) is 5.82 Å². The molecule has 2 rings (SSSR count). The molecule has 1 N–H and O–H groups in total. The zero-order chi connectivity index (χ0) is 12.4. The fraction of sp³-hybridized carbons (Fsp3) is 0.417. The summed E-state index contributed by atoms with van der Waals surface area (Å²) in [5.74, 6) is -0.666. The van der Waals surface area contributed by atoms with Crippen LogP contribution < -0.4 is 5.32 Å². The summed E-state index contributed by atoms with van der Waals surface area (Å²) in [7, 11) is -1.51. The minimum Gasteiger partial charge on any atom is -0.352 e. The molecule has 1 aliphatic carbocycles. The first kappa shape index (κ1) is 12.2. The predicted octanol–water partition coefficient (Wildman–Crippen LogP) is 1.60. The van der Waals surface area contributed by atoms with Gasteiger partial charge in [-0.2, -0.15) is 0 Å². The first-order valence-corrected chi connectivity index (χ1v) is 6.76. The Hall–Kier alpha value is -1.23. The first-order chi connectivity index (χ1) is 8.08. The van der Waals surface area contributed by atoms with Crippen LogP contribution in [0.15, 0.2) is 29.2 Å². The second-order valence-corrected chi connectivity index (χ2v) is 5.95. The summed E-state index contributed by atoms with van der Waals surface area (Å²) < 4.78 is 25.0. The molecule has 1 saturated carbocycles. The van der Waals surface area contributed by atoms with Gasteiger partial charge in [0.2, 0.25) is 5.91 Å². The van der Waals surface area contributed by atoms with Gasteiger partial charge in [0.05, 0.1) is 10.8 Å². The average molecular weight is 255 g/mol. The van der Waals surface area contributed by atoms with Gasteiger partial charge in [-0.15, -0.1) is 0 Å². The van der Waals surface area contributed by atoms with Gasteiger partial charge in [-0.1, -0.05) is 6.07 Å². The van der Waals surface area contributed by atoms with Crippen LogP contribution in [-0.4, -0.2) is 21.4 Å². The van der Waals surface area contributed by atoms with Crippen molar-refractivity contribution >= 4 is 16.7 Å². The number of nitrogens with one attached hydrogen (secondary N) is 1. The maximum Gasteiger partial charge on any atom is 0.236 e. The maximum absolute atomic E-state index is 13.0. The number of carbonyl (C=O) groups excluding carboxylic acids is 1. The molecular formula is C12H14FNO2S. The lowest BCUT2D eigenvalue weighted by Crippen LogP contribution is -2.36. The highest BCUT2D eigenvalue weighted by Gasteiger charge is 2.28. The third kappa shape index (κ3) is 3.12. The van der Waals surface area contributed by atoms with Crippen LogP contribution in [0.2, 0.25) is 0 Å². The SMILES string of the molecule is CC(C(=O)NC1CC1)S(=O)c1cccc(F)c1. The summed E-state index contributed by atoms with van der Waals surface area (Å²) in [6.45, 7) is 1.60. The van der Waals surface area contributed by atoms with Crippen LogP contribution in [0.5, 0.6) is 0 Å². The van der Waals surface area contributed by atoms with E-state index in [9.17, 15) is 13.4 Å². The van der Waals surface area contributed by atoms with Crippen molar-refractivity contribution in [3.8, 4) is 0 Å². The van der Waals surface area contributed by atoms with Crippen molar-refractivity contribution in [2.45, 2.75) is 36.0 Å². The van der Waals surface area contributed by atoms with Gasteiger partial charge in [-0.25, -0.2) is 4.39 Å². The topological polar surface area (TPSA) is 46.2 Å². The summed E-state index contributed by atoms with van der Waals surface area (Å²) in [6.07, 6.45) is 1.98. The molecule has 0 heterocycles. The molecule has 1 fully saturated rings. The zero-order valence-corrected chi connectivity index (χ0v) is 10.3. The number of halogens is 1. The van der Waals surface area contributed by atoms with E-state index in [1.54, 1.807) is 13.0 Å². The summed E-state index contributed by atoms with van der Waals surface area (Å²) >= 11 is 0. The van der Waals surface area contributed by atoms with Crippen molar-refractivity contribution in [2.24, 2.45) is 0 Å². The Morgan fingerprint density at radius 2 is 2.24 bits per heavy atom. The van der Waals surface area contributed by atoms with Crippen LogP contribution in [0.1, 0.15) is 19.8 Å². The van der Waals surface area contributed by atoms with Crippen LogP contribution in [0.4, 0.5) is 4.39 Å². The Morgan fingerprint density at radius 3 is 2.82 bits per heavy atom. The third-order valence-corrected chi connectivity index (χ3v) is 4.22. The van der Waals surface area contributed by atoms with Crippen molar-refractivity contribution in [3.05, 3.63) is 30.1 Å². The lowest BCUT2D eigenvalue weighted by atomic mass is 10.3. The molecular weight excluding hydrogens is 241 g/mol. The molecule has 92 valence electrons. The highest BCUT2D eigenvalue weighted by Crippen LogP contribution is 2.20. The molecule has 2 unspecified atom stereocenters. The molecule has 0 spiro atoms. The Balaban J connectivity index is 2.05. The first-order valence-electron chi connectivity index (χ1n) is 5.54. The number of hydrogen-bond donors (Lipinski definition) is 1. The molecule has 17 heavy (non-hydrogen) atoms. The van der Waals surface area contributed by atoms with E-state index in [0.717, 1.165) is 12.8 Å². The summed E-state index contributed by atoms with van der Waals surface area (Å²) in [4.78, 5) is 12.0. The van der Waals surface area contributed by atoms with E-state index >= 15 is 0 Å². The van der Waals surface area contributed by atoms with Crippen LogP contribution >= 0.6 is 0 Å². The quantitative estimate of drug-likeness (QED) is 0.888. The minimum absolute atomic E-state index is 0.227. The van der Waals surface area contributed by atoms with Crippen molar-refractivity contribution in [1.82, 2.24) is 5.32 Å². The van der Waals surface area contributed by atoms with Gasteiger partial charge in [-0.3, -0.25) is 9.00 Å². The standard InChI is InChI=1S/C12H14FNO2S/c1-8(12(15)14-10-5-6-10)17(16)11-4-2-3-9(13)7-11/h2-4,7-8,10H,5-6H2,1H3,(H,14,15). The van der Waals surface area contributed by atoms with Crippen molar-refractivity contribution < 1.29 is 13.4 Å². The molecule has 1 aliphatic rings. The number of benzene rings is 1. The highest BCUT2D eigenvalue weighted by molar-refractivity contribution is 7.86. The fourth-order valence-corrected chi connectivity index (χ4v) is 2.55. The van der Waals surface area contributed by atoms with E-state index in [1.165, 1.54) is 18.2 Å². The molecule has 0 aliphatic heterocycles. The fourth-order valence-electron chi connectivity index (χ4n) is 1.44. The smallest absolute Gasteiger partial charge is 0.236 e. The normalized spacial score (nSPS) is 18.5. The number of rotatable bonds is 4. The van der Waals surface area contributed by atoms with Gasteiger partial charge in [0.25, 0.3) is 0 Å². The Morgan fingerprint density at radius 1 is 1.53 bits per heavy atom. The molecule has 0 radical (unpaired) electrons. The summed E-state index contributed by atoms with van der Waals surface area (Å²) in [5, 5.41) is 2.14. The molecule has 0 bridgehead atoms. The van der Waals surface area contributed by atoms with Crippen molar-refractivity contribution in [1.29, 1.82) is 0 Å². The lowest BCUT2D eigenvalue weighted by Gasteiger charge is -2.11. The molecule has 5 heteroatoms. The van der Waals surface area contributed by atoms with Crippen LogP contribution in [-0.2, 0) is 15.6 Å². The summed E-state index contributed by atoms with van der Waals surface area (Å²) in [5.41, 5.74) is 0. The monoisotopic (exact) mass is 255 g/mol. The van der Waals surface area contributed by atoms with Crippen LogP contribution in [0.3, 0.4) is 0 Å². The second-order valence-electron chi connectivity index (χ2n) is 4.18. The molecule has 1 aromatic rings. The van der Waals surface area contributed by atoms with Gasteiger partial charge in [0.1, 0.15) is 11.1 Å². The molecule has 2 atom stereocenters. The van der Waals surface area contributed by atoms with E-state index in [-0.39, 0.29) is 11.9 Å². The van der Waals surface area contributed by atoms with Crippen molar-refractivity contribution in [2.75, 3.05) is 0 Å². The summed E-state index contributed by atoms with van der Waals surface area (Å²) in [6, 6.07) is 5.80. The number of hydrogen-bond acceptors (Lipinski definition) is 2. The molecule has 3 nitrogen and oxygen atoms in total. The Bertz CT molecular complexity index is 460. The minimum atomic E-state index is -1.51. The van der Waals surface area contributed by atoms with Gasteiger partial charge < -0.3 is 5.32 Å². The van der Waals surface area contributed by atoms with E-state index < -0.39 is 21.9 Å². The zero-order valence-electron chi connectivity index (χ0n) is 9.48. The Labute approximate surface area is 102 Å². The van der Waals surface area contributed by atoms with Gasteiger partial charge in [0, 0.05) is 10.9 Å². The lowest BCUT2D eigenvalue weighted by molar-refractivity contribution is -0.120. The molecule has 0 saturated heterocycles. The third-order valence-electron chi connectivity index (χ3n) is 2.64. The van der Waals surface area contributed by atoms with Crippen LogP contribution in [0.25, 0.3) is 0 Å². The number of carbonyl (C=O) groups is 1. The highest BCUT2D eigenvalue weighted by atomic mass is 32.2. The average Bonchev–Trinajstić information content (AvgIpc) is 3.11. The van der Waals surface area contributed by atoms with E-state index in [0.29, 0.717) is 4.90 Å². The molecule has 1 amide bonds. The molecule has 0 aromatic heterocycles. The number of amides is 1. The molecule has 1 aromatic carbocycles. The largest absolute Gasteiger partial charge is 0.352 e. The van der Waals surface area contributed by atoms with Gasteiger partial charge in [-0.05, 0) is 38.0 Å². The second kappa shape index (κ2) is 4.96. The van der Waals surface area contributed by atoms with Gasteiger partial charge in [0.15, 0.2) is 0 Å². The predicted molar refractivity (Wildman–Crippen MR) is 63.4 cm³/mol. The van der Waals surface area contributed by atoms with E-state index in [4.69, 9.17) is 0 Å². The van der Waals surface area contributed by atoms with E-state index in [1.807, 2.05) is 0 Å².